The molecule has 1 aromatic rings. The second-order valence-corrected chi connectivity index (χ2v) is 4.19. The quantitative estimate of drug-likeness (QED) is 0.345. The van der Waals surface area contributed by atoms with Crippen LogP contribution in [-0.2, 0) is 19.1 Å². The zero-order valence-electron chi connectivity index (χ0n) is 12.9. The largest absolute Gasteiger partial charge is 0.509 e. The van der Waals surface area contributed by atoms with Crippen LogP contribution in [0.1, 0.15) is 20.3 Å². The third kappa shape index (κ3) is 5.77. The summed E-state index contributed by atoms with van der Waals surface area (Å²) in [5.74, 6) is -2.43. The molecule has 0 aliphatic carbocycles. The van der Waals surface area contributed by atoms with E-state index in [-0.39, 0.29) is 24.7 Å². The third-order valence-electron chi connectivity index (χ3n) is 2.50. The Morgan fingerprint density at radius 2 is 1.78 bits per heavy atom. The zero-order chi connectivity index (χ0) is 17.2. The molecule has 0 radical (unpaired) electrons. The summed E-state index contributed by atoms with van der Waals surface area (Å²) in [6.45, 7) is 3.39. The lowest BCUT2D eigenvalue weighted by atomic mass is 10.3. The van der Waals surface area contributed by atoms with Gasteiger partial charge in [0.1, 0.15) is 23.6 Å². The molecule has 23 heavy (non-hydrogen) atoms. The fraction of sp³-hybridized carbons (Fsp3) is 0.333. The van der Waals surface area contributed by atoms with Crippen molar-refractivity contribution >= 4 is 17.6 Å². The van der Waals surface area contributed by atoms with Gasteiger partial charge in [0, 0.05) is 0 Å². The first-order chi connectivity index (χ1) is 11.0. The van der Waals surface area contributed by atoms with Crippen molar-refractivity contribution in [2.24, 2.45) is 10.2 Å². The number of para-hydroxylation sites is 1. The average molecular weight is 322 g/mol. The maximum atomic E-state index is 11.8. The number of phenols is 1. The summed E-state index contributed by atoms with van der Waals surface area (Å²) in [6, 6.07) is 6.06. The fourth-order valence-electron chi connectivity index (χ4n) is 1.50. The van der Waals surface area contributed by atoms with E-state index in [1.807, 2.05) is 0 Å². The lowest BCUT2D eigenvalue weighted by Crippen LogP contribution is -2.12. The van der Waals surface area contributed by atoms with E-state index < -0.39 is 29.8 Å². The van der Waals surface area contributed by atoms with E-state index in [1.165, 1.54) is 12.1 Å². The van der Waals surface area contributed by atoms with Crippen molar-refractivity contribution in [2.75, 3.05) is 13.2 Å². The number of hydrogen-bond acceptors (Lipinski definition) is 8. The minimum absolute atomic E-state index is 0.0567. The Labute approximate surface area is 133 Å². The van der Waals surface area contributed by atoms with E-state index in [9.17, 15) is 19.8 Å². The predicted octanol–water partition coefficient (Wildman–Crippen LogP) is 2.76. The molecule has 8 heteroatoms. The molecule has 0 amide bonds. The van der Waals surface area contributed by atoms with Crippen molar-refractivity contribution in [3.63, 3.8) is 0 Å². The van der Waals surface area contributed by atoms with Crippen LogP contribution in [-0.4, -0.2) is 35.4 Å². The Kier molecular flexibility index (Phi) is 7.25. The number of rotatable bonds is 7. The molecule has 124 valence electrons. The first kappa shape index (κ1) is 18.1. The van der Waals surface area contributed by atoms with Gasteiger partial charge in [-0.3, -0.25) is 4.79 Å². The van der Waals surface area contributed by atoms with Crippen LogP contribution in [0.15, 0.2) is 46.0 Å². The van der Waals surface area contributed by atoms with E-state index in [2.05, 4.69) is 15.0 Å². The molecule has 1 aromatic carbocycles. The molecule has 0 bridgehead atoms. The van der Waals surface area contributed by atoms with Crippen molar-refractivity contribution in [3.05, 3.63) is 35.7 Å². The number of carbonyl (C=O) groups excluding carboxylic acids is 2. The molecule has 0 fully saturated rings. The number of ether oxygens (including phenoxy) is 2. The molecule has 0 spiro atoms. The van der Waals surface area contributed by atoms with Crippen LogP contribution in [0.5, 0.6) is 5.75 Å². The average Bonchev–Trinajstić information content (AvgIpc) is 2.49. The predicted molar refractivity (Wildman–Crippen MR) is 80.2 cm³/mol. The molecule has 0 unspecified atom stereocenters. The van der Waals surface area contributed by atoms with Crippen LogP contribution in [0.4, 0.5) is 5.69 Å². The topological polar surface area (TPSA) is 118 Å². The van der Waals surface area contributed by atoms with Crippen LogP contribution >= 0.6 is 0 Å². The summed E-state index contributed by atoms with van der Waals surface area (Å²) < 4.78 is 9.45. The SMILES string of the molecule is CCOC(=O)C/C(O)=C(/N=Nc1ccccc1O)C(=O)OCC. The summed E-state index contributed by atoms with van der Waals surface area (Å²) in [4.78, 5) is 23.2. The lowest BCUT2D eigenvalue weighted by Gasteiger charge is -2.05. The Morgan fingerprint density at radius 3 is 2.39 bits per heavy atom. The van der Waals surface area contributed by atoms with Gasteiger partial charge in [0.05, 0.1) is 13.2 Å². The molecule has 0 aliphatic heterocycles. The molecule has 1 rings (SSSR count). The van der Waals surface area contributed by atoms with E-state index >= 15 is 0 Å². The van der Waals surface area contributed by atoms with Gasteiger partial charge in [-0.2, -0.15) is 0 Å². The molecule has 0 atom stereocenters. The van der Waals surface area contributed by atoms with Gasteiger partial charge in [-0.15, -0.1) is 10.2 Å². The smallest absolute Gasteiger partial charge is 0.362 e. The summed E-state index contributed by atoms with van der Waals surface area (Å²) >= 11 is 0. The zero-order valence-corrected chi connectivity index (χ0v) is 12.9. The molecule has 0 aromatic heterocycles. The van der Waals surface area contributed by atoms with Gasteiger partial charge in [-0.1, -0.05) is 12.1 Å². The van der Waals surface area contributed by atoms with Crippen LogP contribution in [0.2, 0.25) is 0 Å². The highest BCUT2D eigenvalue weighted by atomic mass is 16.5. The van der Waals surface area contributed by atoms with Crippen LogP contribution < -0.4 is 0 Å². The number of aliphatic hydroxyl groups is 1. The second kappa shape index (κ2) is 9.19. The maximum absolute atomic E-state index is 11.8. The van der Waals surface area contributed by atoms with Gasteiger partial charge in [0.2, 0.25) is 5.70 Å². The van der Waals surface area contributed by atoms with Crippen molar-refractivity contribution in [1.82, 2.24) is 0 Å². The second-order valence-electron chi connectivity index (χ2n) is 4.19. The van der Waals surface area contributed by atoms with Crippen molar-refractivity contribution in [1.29, 1.82) is 0 Å². The summed E-state index contributed by atoms with van der Waals surface area (Å²) in [7, 11) is 0. The minimum Gasteiger partial charge on any atom is -0.509 e. The Balaban J connectivity index is 3.07. The molecular weight excluding hydrogens is 304 g/mol. The van der Waals surface area contributed by atoms with Gasteiger partial charge < -0.3 is 19.7 Å². The van der Waals surface area contributed by atoms with E-state index in [4.69, 9.17) is 4.74 Å². The normalized spacial score (nSPS) is 11.9. The van der Waals surface area contributed by atoms with Gasteiger partial charge in [-0.05, 0) is 26.0 Å². The Bertz CT molecular complexity index is 624. The summed E-state index contributed by atoms with van der Waals surface area (Å²) in [5.41, 5.74) is -0.429. The lowest BCUT2D eigenvalue weighted by molar-refractivity contribution is -0.142. The number of aromatic hydroxyl groups is 1. The minimum atomic E-state index is -0.937. The Morgan fingerprint density at radius 1 is 1.13 bits per heavy atom. The van der Waals surface area contributed by atoms with E-state index in [1.54, 1.807) is 26.0 Å². The highest BCUT2D eigenvalue weighted by molar-refractivity contribution is 5.89. The first-order valence-electron chi connectivity index (χ1n) is 6.94. The molecule has 0 aliphatic rings. The van der Waals surface area contributed by atoms with Gasteiger partial charge in [0.25, 0.3) is 0 Å². The van der Waals surface area contributed by atoms with E-state index in [0.717, 1.165) is 0 Å². The summed E-state index contributed by atoms with van der Waals surface area (Å²) in [6.07, 6.45) is -0.540. The van der Waals surface area contributed by atoms with E-state index in [0.29, 0.717) is 0 Å². The number of nitrogens with zero attached hydrogens (tertiary/aromatic N) is 2. The number of benzene rings is 1. The van der Waals surface area contributed by atoms with Crippen LogP contribution in [0.25, 0.3) is 0 Å². The van der Waals surface area contributed by atoms with Gasteiger partial charge >= 0.3 is 11.9 Å². The molecule has 0 saturated carbocycles. The van der Waals surface area contributed by atoms with Crippen LogP contribution in [0, 0.1) is 0 Å². The highest BCUT2D eigenvalue weighted by Crippen LogP contribution is 2.26. The molecule has 2 N–H and O–H groups in total. The van der Waals surface area contributed by atoms with Crippen LogP contribution in [0.3, 0.4) is 0 Å². The molecule has 0 heterocycles. The summed E-state index contributed by atoms with van der Waals surface area (Å²) in [5, 5.41) is 26.8. The maximum Gasteiger partial charge on any atom is 0.362 e. The number of phenolic OH excluding ortho intramolecular Hbond substituents is 1. The Hall–Kier alpha value is -2.90. The van der Waals surface area contributed by atoms with Crippen molar-refractivity contribution < 1.29 is 29.3 Å². The first-order valence-corrected chi connectivity index (χ1v) is 6.94. The van der Waals surface area contributed by atoms with Gasteiger partial charge in [0.15, 0.2) is 0 Å². The standard InChI is InChI=1S/C15H18N2O6/c1-3-22-13(20)9-12(19)14(15(21)23-4-2)17-16-10-7-5-6-8-11(10)18/h5-8,18-19H,3-4,9H2,1-2H3/b14-12-,17-16?. The molecule has 0 saturated heterocycles. The van der Waals surface area contributed by atoms with Crippen molar-refractivity contribution in [2.45, 2.75) is 20.3 Å². The fourth-order valence-corrected chi connectivity index (χ4v) is 1.50. The monoisotopic (exact) mass is 322 g/mol. The number of carbonyl (C=O) groups is 2. The molecule has 8 nitrogen and oxygen atoms in total. The third-order valence-corrected chi connectivity index (χ3v) is 2.50. The highest BCUT2D eigenvalue weighted by Gasteiger charge is 2.19. The number of aliphatic hydroxyl groups excluding tert-OH is 1. The molecular formula is C15H18N2O6. The number of azo groups is 1. The number of hydrogen-bond donors (Lipinski definition) is 2. The van der Waals surface area contributed by atoms with Gasteiger partial charge in [-0.25, -0.2) is 4.79 Å². The number of esters is 2. The van der Waals surface area contributed by atoms with Crippen molar-refractivity contribution in [3.8, 4) is 5.75 Å².